The summed E-state index contributed by atoms with van der Waals surface area (Å²) in [6, 6.07) is 17.9. The highest BCUT2D eigenvalue weighted by Gasteiger charge is 2.44. The van der Waals surface area contributed by atoms with Crippen LogP contribution in [0.3, 0.4) is 0 Å². The number of hydrogen-bond donors (Lipinski definition) is 3. The van der Waals surface area contributed by atoms with Crippen LogP contribution in [0.4, 0.5) is 5.69 Å². The summed E-state index contributed by atoms with van der Waals surface area (Å²) in [6.45, 7) is 0.960. The Hall–Kier alpha value is -2.34. The van der Waals surface area contributed by atoms with E-state index in [-0.39, 0.29) is 17.9 Å². The fraction of sp³-hybridized carbons (Fsp3) is 0.300. The molecule has 1 aliphatic rings. The van der Waals surface area contributed by atoms with Gasteiger partial charge in [-0.2, -0.15) is 0 Å². The Bertz CT molecular complexity index is 787. The number of para-hydroxylation sites is 1. The molecular weight excluding hydrogens is 392 g/mol. The van der Waals surface area contributed by atoms with E-state index in [4.69, 9.17) is 0 Å². The third-order valence-corrected chi connectivity index (χ3v) is 5.08. The molecular formula is C20H23BrN4O. The zero-order chi connectivity index (χ0) is 18.4. The van der Waals surface area contributed by atoms with Crippen LogP contribution in [-0.4, -0.2) is 32.0 Å². The number of benzene rings is 2. The van der Waals surface area contributed by atoms with Crippen molar-refractivity contribution in [3.8, 4) is 0 Å². The normalized spacial score (nSPS) is 15.2. The predicted molar refractivity (Wildman–Crippen MR) is 109 cm³/mol. The molecule has 1 fully saturated rings. The van der Waals surface area contributed by atoms with Gasteiger partial charge in [0.15, 0.2) is 5.96 Å². The molecule has 0 saturated heterocycles. The number of halogens is 1. The van der Waals surface area contributed by atoms with E-state index in [1.807, 2.05) is 36.4 Å². The molecule has 6 heteroatoms. The lowest BCUT2D eigenvalue weighted by Gasteiger charge is -2.19. The van der Waals surface area contributed by atoms with E-state index in [2.05, 4.69) is 55.1 Å². The Morgan fingerprint density at radius 3 is 2.54 bits per heavy atom. The monoisotopic (exact) mass is 414 g/mol. The minimum absolute atomic E-state index is 0.104. The lowest BCUT2D eigenvalue weighted by atomic mass is 9.96. The summed E-state index contributed by atoms with van der Waals surface area (Å²) in [7, 11) is 1.71. The summed E-state index contributed by atoms with van der Waals surface area (Å²) in [6.07, 6.45) is 2.31. The van der Waals surface area contributed by atoms with Crippen LogP contribution in [0, 0.1) is 0 Å². The molecule has 5 nitrogen and oxygen atoms in total. The molecule has 0 unspecified atom stereocenters. The molecule has 3 rings (SSSR count). The Morgan fingerprint density at radius 1 is 1.12 bits per heavy atom. The van der Waals surface area contributed by atoms with E-state index in [0.717, 1.165) is 29.5 Å². The van der Waals surface area contributed by atoms with Crippen molar-refractivity contribution in [2.45, 2.75) is 18.3 Å². The molecule has 2 aromatic rings. The highest BCUT2D eigenvalue weighted by atomic mass is 79.9. The number of nitrogens with zero attached hydrogens (tertiary/aromatic N) is 1. The first-order chi connectivity index (χ1) is 12.6. The second kappa shape index (κ2) is 8.36. The molecule has 1 amide bonds. The maximum atomic E-state index is 12.0. The summed E-state index contributed by atoms with van der Waals surface area (Å²) < 4.78 is 1.10. The van der Waals surface area contributed by atoms with E-state index in [9.17, 15) is 4.79 Å². The topological polar surface area (TPSA) is 65.5 Å². The number of carbonyl (C=O) groups excluding carboxylic acids is 1. The summed E-state index contributed by atoms with van der Waals surface area (Å²) in [5.41, 5.74) is 2.28. The van der Waals surface area contributed by atoms with Gasteiger partial charge in [-0.3, -0.25) is 9.79 Å². The molecule has 3 N–H and O–H groups in total. The molecule has 0 aliphatic heterocycles. The molecule has 1 saturated carbocycles. The first-order valence-electron chi connectivity index (χ1n) is 8.67. The molecule has 0 radical (unpaired) electrons. The molecule has 2 aromatic carbocycles. The van der Waals surface area contributed by atoms with Gasteiger partial charge in [0.05, 0.1) is 6.54 Å². The van der Waals surface area contributed by atoms with Gasteiger partial charge in [0.2, 0.25) is 5.91 Å². The minimum atomic E-state index is -0.104. The number of amides is 1. The number of carbonyl (C=O) groups is 1. The predicted octanol–water partition coefficient (Wildman–Crippen LogP) is 3.28. The van der Waals surface area contributed by atoms with Crippen LogP contribution in [0.2, 0.25) is 0 Å². The van der Waals surface area contributed by atoms with Crippen molar-refractivity contribution in [2.24, 2.45) is 4.99 Å². The van der Waals surface area contributed by atoms with Gasteiger partial charge in [-0.15, -0.1) is 0 Å². The van der Waals surface area contributed by atoms with Crippen molar-refractivity contribution in [2.75, 3.05) is 25.5 Å². The Morgan fingerprint density at radius 2 is 1.88 bits per heavy atom. The van der Waals surface area contributed by atoms with Crippen molar-refractivity contribution in [3.63, 3.8) is 0 Å². The smallest absolute Gasteiger partial charge is 0.243 e. The van der Waals surface area contributed by atoms with Gasteiger partial charge in [0.25, 0.3) is 0 Å². The van der Waals surface area contributed by atoms with Crippen LogP contribution in [0.1, 0.15) is 18.4 Å². The zero-order valence-electron chi connectivity index (χ0n) is 14.8. The van der Waals surface area contributed by atoms with Crippen LogP contribution >= 0.6 is 15.9 Å². The van der Waals surface area contributed by atoms with Gasteiger partial charge >= 0.3 is 0 Å². The molecule has 0 spiro atoms. The van der Waals surface area contributed by atoms with Crippen LogP contribution < -0.4 is 16.0 Å². The van der Waals surface area contributed by atoms with Crippen molar-refractivity contribution >= 4 is 33.5 Å². The average Bonchev–Trinajstić information content (AvgIpc) is 3.44. The van der Waals surface area contributed by atoms with E-state index >= 15 is 0 Å². The zero-order valence-corrected chi connectivity index (χ0v) is 16.3. The molecule has 0 bridgehead atoms. The molecule has 136 valence electrons. The van der Waals surface area contributed by atoms with E-state index in [1.54, 1.807) is 7.05 Å². The summed E-state index contributed by atoms with van der Waals surface area (Å²) in [5.74, 6) is 0.529. The number of nitrogens with one attached hydrogen (secondary N) is 3. The maximum Gasteiger partial charge on any atom is 0.243 e. The Kier molecular flexibility index (Phi) is 5.93. The number of hydrogen-bond acceptors (Lipinski definition) is 2. The third-order valence-electron chi connectivity index (χ3n) is 4.58. The van der Waals surface area contributed by atoms with E-state index in [0.29, 0.717) is 5.96 Å². The molecule has 26 heavy (non-hydrogen) atoms. The van der Waals surface area contributed by atoms with Crippen LogP contribution in [-0.2, 0) is 10.2 Å². The Labute approximate surface area is 162 Å². The second-order valence-corrected chi connectivity index (χ2v) is 7.40. The van der Waals surface area contributed by atoms with Crippen LogP contribution in [0.25, 0.3) is 0 Å². The third kappa shape index (κ3) is 4.85. The van der Waals surface area contributed by atoms with Gasteiger partial charge in [-0.1, -0.05) is 46.3 Å². The number of rotatable bonds is 6. The molecule has 0 aromatic heterocycles. The van der Waals surface area contributed by atoms with Crippen molar-refractivity contribution in [1.82, 2.24) is 10.6 Å². The summed E-state index contributed by atoms with van der Waals surface area (Å²) >= 11 is 3.54. The number of anilines is 1. The highest BCUT2D eigenvalue weighted by Crippen LogP contribution is 2.48. The van der Waals surface area contributed by atoms with Gasteiger partial charge in [0, 0.05) is 29.2 Å². The Balaban J connectivity index is 1.49. The molecule has 0 atom stereocenters. The van der Waals surface area contributed by atoms with Gasteiger partial charge in [-0.25, -0.2) is 0 Å². The largest absolute Gasteiger partial charge is 0.356 e. The quantitative estimate of drug-likeness (QED) is 0.501. The first-order valence-corrected chi connectivity index (χ1v) is 9.46. The maximum absolute atomic E-state index is 12.0. The first kappa shape index (κ1) is 18.5. The number of guanidine groups is 1. The van der Waals surface area contributed by atoms with Crippen molar-refractivity contribution < 1.29 is 4.79 Å². The van der Waals surface area contributed by atoms with Crippen LogP contribution in [0.5, 0.6) is 0 Å². The van der Waals surface area contributed by atoms with Gasteiger partial charge in [0.1, 0.15) is 0 Å². The standard InChI is InChI=1S/C20H23BrN4O/c1-22-19(23-13-18(26)25-17-8-3-2-4-9-17)24-14-20(10-11-20)15-6-5-7-16(21)12-15/h2-9,12H,10-11,13-14H2,1H3,(H,25,26)(H2,22,23,24). The lowest BCUT2D eigenvalue weighted by Crippen LogP contribution is -2.44. The van der Waals surface area contributed by atoms with Crippen molar-refractivity contribution in [1.29, 1.82) is 0 Å². The average molecular weight is 415 g/mol. The SMILES string of the molecule is CN=C(NCC(=O)Nc1ccccc1)NCC1(c2cccc(Br)c2)CC1. The summed E-state index contributed by atoms with van der Waals surface area (Å²) in [5, 5.41) is 9.27. The van der Waals surface area contributed by atoms with Crippen molar-refractivity contribution in [3.05, 3.63) is 64.6 Å². The minimum Gasteiger partial charge on any atom is -0.356 e. The fourth-order valence-electron chi connectivity index (χ4n) is 2.90. The number of aliphatic imine (C=N–C) groups is 1. The lowest BCUT2D eigenvalue weighted by molar-refractivity contribution is -0.115. The van der Waals surface area contributed by atoms with Gasteiger partial charge in [-0.05, 0) is 42.7 Å². The van der Waals surface area contributed by atoms with E-state index < -0.39 is 0 Å². The highest BCUT2D eigenvalue weighted by molar-refractivity contribution is 9.10. The van der Waals surface area contributed by atoms with Gasteiger partial charge < -0.3 is 16.0 Å². The molecule has 0 heterocycles. The summed E-state index contributed by atoms with van der Waals surface area (Å²) in [4.78, 5) is 16.3. The van der Waals surface area contributed by atoms with E-state index in [1.165, 1.54) is 5.56 Å². The van der Waals surface area contributed by atoms with Crippen LogP contribution in [0.15, 0.2) is 64.1 Å². The second-order valence-electron chi connectivity index (χ2n) is 6.48. The molecule has 1 aliphatic carbocycles. The fourth-order valence-corrected chi connectivity index (χ4v) is 3.30.